The van der Waals surface area contributed by atoms with Crippen LogP contribution in [0.5, 0.6) is 0 Å². The van der Waals surface area contributed by atoms with Gasteiger partial charge in [-0.1, -0.05) is 41.7 Å². The standard InChI is InChI=1S/C15H16N4OS/c1-11-9-18(7-8-20-11)15-17-19-10-13(16-14(19)21-15)12-5-3-2-4-6-12/h2-6,10-11H,7-9H2,1H3/t11-/m1/s1. The second-order valence-corrected chi connectivity index (χ2v) is 6.17. The van der Waals surface area contributed by atoms with Gasteiger partial charge in [0.1, 0.15) is 0 Å². The number of imidazole rings is 1. The van der Waals surface area contributed by atoms with E-state index in [4.69, 9.17) is 4.74 Å². The van der Waals surface area contributed by atoms with Crippen LogP contribution >= 0.6 is 11.3 Å². The maximum Gasteiger partial charge on any atom is 0.214 e. The normalized spacial score (nSPS) is 19.3. The highest BCUT2D eigenvalue weighted by Crippen LogP contribution is 2.27. The van der Waals surface area contributed by atoms with Crippen LogP contribution in [0.2, 0.25) is 0 Å². The molecule has 0 bridgehead atoms. The van der Waals surface area contributed by atoms with E-state index in [0.717, 1.165) is 41.0 Å². The first kappa shape index (κ1) is 12.8. The van der Waals surface area contributed by atoms with Crippen molar-refractivity contribution < 1.29 is 4.74 Å². The van der Waals surface area contributed by atoms with Gasteiger partial charge in [0.25, 0.3) is 0 Å². The van der Waals surface area contributed by atoms with Crippen LogP contribution in [0.1, 0.15) is 6.92 Å². The van der Waals surface area contributed by atoms with Crippen molar-refractivity contribution in [2.45, 2.75) is 13.0 Å². The SMILES string of the molecule is C[C@@H]1CN(c2nn3cc(-c4ccccc4)nc3s2)CCO1. The lowest BCUT2D eigenvalue weighted by Gasteiger charge is -2.30. The van der Waals surface area contributed by atoms with Crippen LogP contribution in [-0.2, 0) is 4.74 Å². The lowest BCUT2D eigenvalue weighted by molar-refractivity contribution is 0.0531. The van der Waals surface area contributed by atoms with Crippen LogP contribution in [0, 0.1) is 0 Å². The second-order valence-electron chi connectivity index (χ2n) is 5.23. The van der Waals surface area contributed by atoms with Crippen molar-refractivity contribution in [3.8, 4) is 11.3 Å². The molecule has 0 N–H and O–H groups in total. The minimum absolute atomic E-state index is 0.259. The zero-order valence-corrected chi connectivity index (χ0v) is 12.6. The molecule has 3 heterocycles. The highest BCUT2D eigenvalue weighted by Gasteiger charge is 2.21. The number of morpholine rings is 1. The Kier molecular flexibility index (Phi) is 3.12. The molecule has 0 unspecified atom stereocenters. The minimum Gasteiger partial charge on any atom is -0.375 e. The predicted octanol–water partition coefficient (Wildman–Crippen LogP) is 2.68. The number of benzene rings is 1. The average molecular weight is 300 g/mol. The molecule has 1 aliphatic rings. The maximum atomic E-state index is 5.57. The number of rotatable bonds is 2. The molecule has 1 aromatic carbocycles. The van der Waals surface area contributed by atoms with E-state index < -0.39 is 0 Å². The van der Waals surface area contributed by atoms with Crippen molar-refractivity contribution in [3.05, 3.63) is 36.5 Å². The Hall–Kier alpha value is -1.92. The van der Waals surface area contributed by atoms with Crippen molar-refractivity contribution in [2.75, 3.05) is 24.6 Å². The number of fused-ring (bicyclic) bond motifs is 1. The molecule has 21 heavy (non-hydrogen) atoms. The van der Waals surface area contributed by atoms with Crippen LogP contribution in [0.15, 0.2) is 36.5 Å². The van der Waals surface area contributed by atoms with Crippen molar-refractivity contribution in [2.24, 2.45) is 0 Å². The topological polar surface area (TPSA) is 42.7 Å². The number of hydrogen-bond donors (Lipinski definition) is 0. The van der Waals surface area contributed by atoms with E-state index in [9.17, 15) is 0 Å². The molecule has 6 heteroatoms. The third kappa shape index (κ3) is 2.41. The Morgan fingerprint density at radius 3 is 2.90 bits per heavy atom. The van der Waals surface area contributed by atoms with Crippen LogP contribution in [0.25, 0.3) is 16.2 Å². The molecule has 0 amide bonds. The fourth-order valence-corrected chi connectivity index (χ4v) is 3.48. The first-order chi connectivity index (χ1) is 10.3. The molecule has 1 atom stereocenters. The number of anilines is 1. The van der Waals surface area contributed by atoms with Gasteiger partial charge in [-0.25, -0.2) is 9.50 Å². The van der Waals surface area contributed by atoms with Gasteiger partial charge in [-0.2, -0.15) is 0 Å². The van der Waals surface area contributed by atoms with E-state index in [1.165, 1.54) is 0 Å². The molecule has 0 aliphatic carbocycles. The summed E-state index contributed by atoms with van der Waals surface area (Å²) >= 11 is 1.63. The number of ether oxygens (including phenoxy) is 1. The van der Waals surface area contributed by atoms with Gasteiger partial charge in [0.15, 0.2) is 0 Å². The largest absolute Gasteiger partial charge is 0.375 e. The van der Waals surface area contributed by atoms with Gasteiger partial charge >= 0.3 is 0 Å². The predicted molar refractivity (Wildman–Crippen MR) is 83.9 cm³/mol. The van der Waals surface area contributed by atoms with E-state index in [-0.39, 0.29) is 6.10 Å². The summed E-state index contributed by atoms with van der Waals surface area (Å²) in [6.45, 7) is 4.64. The zero-order valence-electron chi connectivity index (χ0n) is 11.8. The van der Waals surface area contributed by atoms with E-state index in [1.54, 1.807) is 11.3 Å². The Balaban J connectivity index is 1.65. The monoisotopic (exact) mass is 300 g/mol. The van der Waals surface area contributed by atoms with Crippen LogP contribution in [0.4, 0.5) is 5.13 Å². The van der Waals surface area contributed by atoms with E-state index >= 15 is 0 Å². The molecule has 108 valence electrons. The molecule has 3 aromatic rings. The van der Waals surface area contributed by atoms with E-state index in [1.807, 2.05) is 28.9 Å². The summed E-state index contributed by atoms with van der Waals surface area (Å²) in [6.07, 6.45) is 2.25. The van der Waals surface area contributed by atoms with Gasteiger partial charge in [-0.05, 0) is 6.92 Å². The van der Waals surface area contributed by atoms with Crippen LogP contribution in [0.3, 0.4) is 0 Å². The lowest BCUT2D eigenvalue weighted by Crippen LogP contribution is -2.41. The highest BCUT2D eigenvalue weighted by molar-refractivity contribution is 7.20. The van der Waals surface area contributed by atoms with Gasteiger partial charge in [-0.3, -0.25) is 0 Å². The van der Waals surface area contributed by atoms with Crippen LogP contribution in [-0.4, -0.2) is 40.4 Å². The molecule has 0 radical (unpaired) electrons. The molecule has 2 aromatic heterocycles. The van der Waals surface area contributed by atoms with Crippen molar-refractivity contribution in [3.63, 3.8) is 0 Å². The summed E-state index contributed by atoms with van der Waals surface area (Å²) in [5.74, 6) is 0. The molecule has 1 aliphatic heterocycles. The quantitative estimate of drug-likeness (QED) is 0.730. The van der Waals surface area contributed by atoms with Gasteiger partial charge in [0.05, 0.1) is 24.6 Å². The Bertz CT molecular complexity index is 720. The average Bonchev–Trinajstić information content (AvgIpc) is 3.07. The molecule has 1 saturated heterocycles. The fraction of sp³-hybridized carbons (Fsp3) is 0.333. The number of hydrogen-bond acceptors (Lipinski definition) is 5. The van der Waals surface area contributed by atoms with Crippen LogP contribution < -0.4 is 4.90 Å². The summed E-state index contributed by atoms with van der Waals surface area (Å²) < 4.78 is 7.45. The minimum atomic E-state index is 0.259. The molecule has 0 saturated carbocycles. The fourth-order valence-electron chi connectivity index (χ4n) is 2.56. The summed E-state index contributed by atoms with van der Waals surface area (Å²) in [5.41, 5.74) is 2.09. The summed E-state index contributed by atoms with van der Waals surface area (Å²) in [6, 6.07) is 10.2. The molecule has 5 nitrogen and oxygen atoms in total. The zero-order chi connectivity index (χ0) is 14.2. The molecule has 0 spiro atoms. The lowest BCUT2D eigenvalue weighted by atomic mass is 10.2. The number of aromatic nitrogens is 3. The molecular weight excluding hydrogens is 284 g/mol. The van der Waals surface area contributed by atoms with Gasteiger partial charge in [-0.15, -0.1) is 5.10 Å². The molecule has 4 rings (SSSR count). The third-order valence-electron chi connectivity index (χ3n) is 3.61. The first-order valence-electron chi connectivity index (χ1n) is 7.08. The van der Waals surface area contributed by atoms with Crippen molar-refractivity contribution in [1.29, 1.82) is 0 Å². The summed E-state index contributed by atoms with van der Waals surface area (Å²) in [5, 5.41) is 5.68. The summed E-state index contributed by atoms with van der Waals surface area (Å²) in [4.78, 5) is 7.89. The van der Waals surface area contributed by atoms with Crippen molar-refractivity contribution >= 4 is 21.4 Å². The number of nitrogens with zero attached hydrogens (tertiary/aromatic N) is 4. The van der Waals surface area contributed by atoms with Crippen molar-refractivity contribution in [1.82, 2.24) is 14.6 Å². The highest BCUT2D eigenvalue weighted by atomic mass is 32.1. The van der Waals surface area contributed by atoms with E-state index in [2.05, 4.69) is 34.0 Å². The smallest absolute Gasteiger partial charge is 0.214 e. The molecular formula is C15H16N4OS. The molecule has 1 fully saturated rings. The van der Waals surface area contributed by atoms with Gasteiger partial charge in [0.2, 0.25) is 10.1 Å². The Labute approximate surface area is 126 Å². The Morgan fingerprint density at radius 1 is 1.29 bits per heavy atom. The maximum absolute atomic E-state index is 5.57. The van der Waals surface area contributed by atoms with Gasteiger partial charge in [0, 0.05) is 18.7 Å². The third-order valence-corrected chi connectivity index (χ3v) is 4.60. The first-order valence-corrected chi connectivity index (χ1v) is 7.89. The summed E-state index contributed by atoms with van der Waals surface area (Å²) in [7, 11) is 0. The second kappa shape index (κ2) is 5.13. The van der Waals surface area contributed by atoms with Gasteiger partial charge < -0.3 is 9.64 Å². The van der Waals surface area contributed by atoms with E-state index in [0.29, 0.717) is 0 Å². The Morgan fingerprint density at radius 2 is 2.14 bits per heavy atom.